The van der Waals surface area contributed by atoms with Crippen molar-refractivity contribution in [2.75, 3.05) is 26.1 Å². The molecule has 3 aliphatic heterocycles. The molecule has 2 fully saturated rings. The maximum atomic E-state index is 14.0. The number of hydrogen-bond donors (Lipinski definition) is 1. The number of nitrogens with zero attached hydrogens (tertiary/aromatic N) is 2. The van der Waals surface area contributed by atoms with Gasteiger partial charge >= 0.3 is 11.9 Å². The summed E-state index contributed by atoms with van der Waals surface area (Å²) in [6, 6.07) is 3.19. The fraction of sp³-hybridized carbons (Fsp3) is 0.622. The molecule has 1 aromatic carbocycles. The van der Waals surface area contributed by atoms with E-state index in [2.05, 4.69) is 6.07 Å². The highest BCUT2D eigenvalue weighted by molar-refractivity contribution is 5.94. The smallest absolute Gasteiger partial charge is 0.328 e. The zero-order valence-electron chi connectivity index (χ0n) is 30.2. The molecule has 48 heavy (non-hydrogen) atoms. The molecular weight excluding hydrogens is 616 g/mol. The number of esters is 2. The molecule has 3 heterocycles. The number of hydrogen-bond acceptors (Lipinski definition) is 9. The number of likely N-dealkylation sites (N-methyl/N-ethyl adjacent to an activating group) is 1. The van der Waals surface area contributed by atoms with E-state index in [4.69, 9.17) is 18.9 Å². The number of epoxide rings is 1. The minimum absolute atomic E-state index is 0.0828. The molecule has 1 aromatic rings. The van der Waals surface area contributed by atoms with E-state index in [1.807, 2.05) is 45.9 Å². The maximum Gasteiger partial charge on any atom is 0.328 e. The van der Waals surface area contributed by atoms with E-state index < -0.39 is 65.4 Å². The van der Waals surface area contributed by atoms with Gasteiger partial charge in [-0.05, 0) is 70.7 Å². The van der Waals surface area contributed by atoms with Crippen molar-refractivity contribution in [3.63, 3.8) is 0 Å². The average molecular weight is 669 g/mol. The van der Waals surface area contributed by atoms with Gasteiger partial charge in [-0.3, -0.25) is 14.4 Å². The highest BCUT2D eigenvalue weighted by Gasteiger charge is 2.65. The van der Waals surface area contributed by atoms with Crippen LogP contribution in [0.1, 0.15) is 71.1 Å². The summed E-state index contributed by atoms with van der Waals surface area (Å²) < 4.78 is 23.9. The van der Waals surface area contributed by atoms with Crippen LogP contribution < -0.4 is 4.90 Å². The molecule has 2 saturated heterocycles. The van der Waals surface area contributed by atoms with Crippen molar-refractivity contribution >= 4 is 29.4 Å². The second kappa shape index (κ2) is 14.1. The maximum absolute atomic E-state index is 14.0. The van der Waals surface area contributed by atoms with Crippen molar-refractivity contribution in [2.24, 2.45) is 11.8 Å². The van der Waals surface area contributed by atoms with Crippen LogP contribution in [0.5, 0.6) is 0 Å². The Morgan fingerprint density at radius 2 is 1.83 bits per heavy atom. The lowest BCUT2D eigenvalue weighted by Crippen LogP contribution is -2.58. The Balaban J connectivity index is 1.80. The van der Waals surface area contributed by atoms with Crippen LogP contribution in [0.25, 0.3) is 0 Å². The van der Waals surface area contributed by atoms with E-state index in [1.165, 1.54) is 26.0 Å². The van der Waals surface area contributed by atoms with E-state index in [0.29, 0.717) is 6.42 Å². The van der Waals surface area contributed by atoms with Crippen molar-refractivity contribution in [3.05, 3.63) is 52.6 Å². The van der Waals surface area contributed by atoms with Crippen LogP contribution >= 0.6 is 0 Å². The van der Waals surface area contributed by atoms with Crippen LogP contribution in [0.2, 0.25) is 0 Å². The summed E-state index contributed by atoms with van der Waals surface area (Å²) in [6.07, 6.45) is 2.89. The number of allylic oxidation sites excluding steroid dienone is 3. The van der Waals surface area contributed by atoms with E-state index in [-0.39, 0.29) is 24.7 Å². The summed E-state index contributed by atoms with van der Waals surface area (Å²) in [7, 11) is 4.72. The zero-order chi connectivity index (χ0) is 35.9. The number of ether oxygens (including phenoxy) is 4. The van der Waals surface area contributed by atoms with Gasteiger partial charge in [0.25, 0.3) is 0 Å². The third kappa shape index (κ3) is 7.23. The molecule has 0 radical (unpaired) electrons. The van der Waals surface area contributed by atoms with E-state index in [1.54, 1.807) is 38.8 Å². The van der Waals surface area contributed by atoms with Gasteiger partial charge in [-0.15, -0.1) is 0 Å². The Morgan fingerprint density at radius 3 is 2.46 bits per heavy atom. The highest BCUT2D eigenvalue weighted by atomic mass is 16.7. The van der Waals surface area contributed by atoms with Gasteiger partial charge in [0.05, 0.1) is 18.4 Å². The van der Waals surface area contributed by atoms with Crippen molar-refractivity contribution < 1.29 is 43.2 Å². The molecule has 1 N–H and O–H groups in total. The summed E-state index contributed by atoms with van der Waals surface area (Å²) in [5.74, 6) is -3.13. The van der Waals surface area contributed by atoms with Gasteiger partial charge in [0.1, 0.15) is 35.6 Å². The minimum atomic E-state index is -1.57. The molecule has 11 heteroatoms. The number of carbonyl (C=O) groups excluding carboxylic acids is 4. The zero-order valence-corrected chi connectivity index (χ0v) is 30.2. The third-order valence-electron chi connectivity index (χ3n) is 10.9. The predicted molar refractivity (Wildman–Crippen MR) is 180 cm³/mol. The first-order valence-corrected chi connectivity index (χ1v) is 16.6. The third-order valence-corrected chi connectivity index (χ3v) is 10.9. The Hall–Kier alpha value is -3.54. The van der Waals surface area contributed by atoms with Crippen LogP contribution in [-0.2, 0) is 44.5 Å². The highest BCUT2D eigenvalue weighted by Crippen LogP contribution is 2.50. The van der Waals surface area contributed by atoms with Crippen LogP contribution in [0, 0.1) is 25.7 Å². The van der Waals surface area contributed by atoms with Gasteiger partial charge in [0.15, 0.2) is 0 Å². The summed E-state index contributed by atoms with van der Waals surface area (Å²) in [4.78, 5) is 55.5. The number of amides is 2. The lowest BCUT2D eigenvalue weighted by atomic mass is 9.73. The monoisotopic (exact) mass is 668 g/mol. The number of anilines is 1. The van der Waals surface area contributed by atoms with E-state index >= 15 is 0 Å². The minimum Gasteiger partial charge on any atom is -0.462 e. The first-order chi connectivity index (χ1) is 22.3. The number of aryl methyl sites for hydroxylation is 1. The predicted octanol–water partition coefficient (Wildman–Crippen LogP) is 3.98. The normalized spacial score (nSPS) is 33.2. The standard InChI is InChI=1S/C37H52N2O9/c1-20-13-12-14-30(45-11)37(44)19-29(46-34(42)24(37)5)23(4)33-36(8,48-33)31(47-35(43)25(6)38(9)26(7)40)18-32(41)39(10)28-17-27(15-20)16-21(2)22(28)3/h12-14,16-17,23-25,29-31,33,44H,15,18-19H2,1-11H3. The quantitative estimate of drug-likeness (QED) is 0.373. The molecule has 4 rings (SSSR count). The first kappa shape index (κ1) is 37.3. The van der Waals surface area contributed by atoms with Crippen molar-refractivity contribution in [2.45, 2.75) is 116 Å². The number of rotatable bonds is 4. The van der Waals surface area contributed by atoms with E-state index in [0.717, 1.165) is 28.0 Å². The van der Waals surface area contributed by atoms with Gasteiger partial charge in [0, 0.05) is 46.2 Å². The van der Waals surface area contributed by atoms with Crippen molar-refractivity contribution in [3.8, 4) is 0 Å². The number of aliphatic hydroxyl groups is 1. The van der Waals surface area contributed by atoms with E-state index in [9.17, 15) is 24.3 Å². The lowest BCUT2D eigenvalue weighted by Gasteiger charge is -2.45. The Kier molecular flexibility index (Phi) is 11.0. The van der Waals surface area contributed by atoms with Gasteiger partial charge in [0.2, 0.25) is 11.8 Å². The van der Waals surface area contributed by atoms with Crippen LogP contribution in [0.4, 0.5) is 5.69 Å². The fourth-order valence-electron chi connectivity index (χ4n) is 6.95. The average Bonchev–Trinajstić information content (AvgIpc) is 3.73. The van der Waals surface area contributed by atoms with Crippen LogP contribution in [-0.4, -0.2) is 96.6 Å². The van der Waals surface area contributed by atoms with Gasteiger partial charge in [-0.1, -0.05) is 36.8 Å². The number of fused-ring (bicyclic) bond motifs is 5. The van der Waals surface area contributed by atoms with Gasteiger partial charge in [-0.2, -0.15) is 0 Å². The fourth-order valence-corrected chi connectivity index (χ4v) is 6.95. The van der Waals surface area contributed by atoms with Gasteiger partial charge in [-0.25, -0.2) is 4.79 Å². The molecule has 0 aromatic heterocycles. The van der Waals surface area contributed by atoms with Crippen molar-refractivity contribution in [1.29, 1.82) is 0 Å². The molecule has 0 saturated carbocycles. The van der Waals surface area contributed by atoms with Crippen LogP contribution in [0.15, 0.2) is 35.9 Å². The van der Waals surface area contributed by atoms with Gasteiger partial charge < -0.3 is 33.9 Å². The molecule has 264 valence electrons. The SMILES string of the molecule is COC1C=CC=C(C)Cc2cc(C)c(C)c(c2)N(C)C(=O)CC(OC(=O)C(C)N(C)C(C)=O)C2(C)OC2C(C)C2CC1(O)C(C)C(=O)O2. The molecule has 9 unspecified atom stereocenters. The summed E-state index contributed by atoms with van der Waals surface area (Å²) in [6.45, 7) is 14.2. The molecule has 3 aliphatic rings. The van der Waals surface area contributed by atoms with Crippen molar-refractivity contribution in [1.82, 2.24) is 4.90 Å². The first-order valence-electron chi connectivity index (χ1n) is 16.6. The molecule has 0 aliphatic carbocycles. The van der Waals surface area contributed by atoms with Crippen LogP contribution in [0.3, 0.4) is 0 Å². The number of carbonyl (C=O) groups is 4. The Labute approximate surface area is 284 Å². The number of methoxy groups -OCH3 is 1. The molecular formula is C37H52N2O9. The largest absolute Gasteiger partial charge is 0.462 e. The Bertz CT molecular complexity index is 1500. The summed E-state index contributed by atoms with van der Waals surface area (Å²) in [5, 5.41) is 12.0. The second-order valence-electron chi connectivity index (χ2n) is 14.1. The summed E-state index contributed by atoms with van der Waals surface area (Å²) >= 11 is 0. The molecule has 11 nitrogen and oxygen atoms in total. The number of benzene rings is 1. The topological polar surface area (TPSA) is 135 Å². The molecule has 2 amide bonds. The lowest BCUT2D eigenvalue weighted by molar-refractivity contribution is -0.204. The summed E-state index contributed by atoms with van der Waals surface area (Å²) in [5.41, 5.74) is 2.08. The molecule has 9 atom stereocenters. The molecule has 0 spiro atoms. The second-order valence-corrected chi connectivity index (χ2v) is 14.1. The molecule has 4 bridgehead atoms. The Morgan fingerprint density at radius 1 is 1.17 bits per heavy atom.